The smallest absolute Gasteiger partial charge is 0.226 e. The summed E-state index contributed by atoms with van der Waals surface area (Å²) in [5.74, 6) is 0.639. The first-order valence-corrected chi connectivity index (χ1v) is 9.17. The number of Topliss-reactive ketones (excluding diaryl/α,β-unsaturated/α-hetero) is 1. The number of ketones is 1. The number of thiazole rings is 1. The quantitative estimate of drug-likeness (QED) is 0.636. The lowest BCUT2D eigenvalue weighted by Crippen LogP contribution is -2.11. The van der Waals surface area contributed by atoms with Crippen LogP contribution in [0, 0.1) is 0 Å². The van der Waals surface area contributed by atoms with E-state index in [2.05, 4.69) is 10.3 Å². The number of hydrogen-bond acceptors (Lipinski definition) is 6. The van der Waals surface area contributed by atoms with Crippen molar-refractivity contribution < 1.29 is 14.3 Å². The second kappa shape index (κ2) is 7.55. The predicted octanol–water partition coefficient (Wildman–Crippen LogP) is 4.36. The molecule has 2 heterocycles. The number of fused-ring (bicyclic) bond motifs is 1. The minimum absolute atomic E-state index is 0.0857. The number of carbonyl (C=O) groups excluding carboxylic acids is 2. The molecule has 0 unspecified atom stereocenters. The number of methoxy groups -OCH3 is 1. The number of thiophene rings is 1. The molecule has 3 rings (SSSR count). The van der Waals surface area contributed by atoms with E-state index in [1.54, 1.807) is 7.11 Å². The van der Waals surface area contributed by atoms with Crippen LogP contribution < -0.4 is 10.1 Å². The summed E-state index contributed by atoms with van der Waals surface area (Å²) in [5.41, 5.74) is 0.744. The maximum absolute atomic E-state index is 12.0. The molecule has 0 aliphatic carbocycles. The Hall–Kier alpha value is -2.25. The van der Waals surface area contributed by atoms with E-state index in [4.69, 9.17) is 4.74 Å². The van der Waals surface area contributed by atoms with Gasteiger partial charge >= 0.3 is 0 Å². The number of nitrogens with one attached hydrogen (secondary N) is 1. The molecular weight excluding hydrogens is 344 g/mol. The zero-order valence-corrected chi connectivity index (χ0v) is 14.7. The molecule has 0 atom stereocenters. The molecule has 1 aromatic carbocycles. The third-order valence-corrected chi connectivity index (χ3v) is 5.30. The zero-order valence-electron chi connectivity index (χ0n) is 13.1. The maximum atomic E-state index is 12.0. The molecule has 1 N–H and O–H groups in total. The minimum Gasteiger partial charge on any atom is -0.494 e. The minimum atomic E-state index is -0.132. The Morgan fingerprint density at radius 1 is 1.21 bits per heavy atom. The van der Waals surface area contributed by atoms with Crippen LogP contribution in [-0.2, 0) is 4.79 Å². The number of ether oxygens (including phenoxy) is 1. The molecule has 0 aliphatic rings. The molecular formula is C17H16N2O3S2. The van der Waals surface area contributed by atoms with Gasteiger partial charge in [-0.15, -0.1) is 11.3 Å². The van der Waals surface area contributed by atoms with Gasteiger partial charge in [0.15, 0.2) is 10.9 Å². The van der Waals surface area contributed by atoms with Gasteiger partial charge in [0.1, 0.15) is 11.3 Å². The van der Waals surface area contributed by atoms with E-state index < -0.39 is 0 Å². The van der Waals surface area contributed by atoms with Gasteiger partial charge in [-0.25, -0.2) is 4.98 Å². The number of para-hydroxylation sites is 1. The van der Waals surface area contributed by atoms with Gasteiger partial charge in [0.25, 0.3) is 0 Å². The van der Waals surface area contributed by atoms with Crippen molar-refractivity contribution in [3.8, 4) is 5.75 Å². The summed E-state index contributed by atoms with van der Waals surface area (Å²) in [4.78, 5) is 29.1. The summed E-state index contributed by atoms with van der Waals surface area (Å²) in [6.07, 6.45) is 1.20. The SMILES string of the molecule is COc1cccc2sc(NC(=O)CCCC(=O)c3cccs3)nc12. The number of rotatable bonds is 7. The van der Waals surface area contributed by atoms with Crippen molar-refractivity contribution in [2.45, 2.75) is 19.3 Å². The molecule has 0 fully saturated rings. The predicted molar refractivity (Wildman–Crippen MR) is 97.3 cm³/mol. The molecule has 124 valence electrons. The number of aromatic nitrogens is 1. The molecule has 7 heteroatoms. The monoisotopic (exact) mass is 360 g/mol. The molecule has 3 aromatic rings. The van der Waals surface area contributed by atoms with Gasteiger partial charge in [-0.3, -0.25) is 9.59 Å². The normalized spacial score (nSPS) is 10.7. The van der Waals surface area contributed by atoms with Crippen LogP contribution in [0.1, 0.15) is 28.9 Å². The van der Waals surface area contributed by atoms with Crippen molar-refractivity contribution in [2.75, 3.05) is 12.4 Å². The molecule has 0 radical (unpaired) electrons. The molecule has 0 aliphatic heterocycles. The largest absolute Gasteiger partial charge is 0.494 e. The van der Waals surface area contributed by atoms with Gasteiger partial charge < -0.3 is 10.1 Å². The van der Waals surface area contributed by atoms with E-state index in [9.17, 15) is 9.59 Å². The molecule has 1 amide bonds. The summed E-state index contributed by atoms with van der Waals surface area (Å²) in [7, 11) is 1.59. The van der Waals surface area contributed by atoms with Crippen molar-refractivity contribution in [1.29, 1.82) is 0 Å². The van der Waals surface area contributed by atoms with Crippen LogP contribution in [0.25, 0.3) is 10.2 Å². The number of carbonyl (C=O) groups is 2. The van der Waals surface area contributed by atoms with Gasteiger partial charge in [0.2, 0.25) is 5.91 Å². The fourth-order valence-electron chi connectivity index (χ4n) is 2.29. The Bertz CT molecular complexity index is 856. The number of amides is 1. The van der Waals surface area contributed by atoms with Crippen LogP contribution in [0.3, 0.4) is 0 Å². The molecule has 24 heavy (non-hydrogen) atoms. The van der Waals surface area contributed by atoms with Gasteiger partial charge in [-0.1, -0.05) is 23.5 Å². The Labute approximate surface area is 147 Å². The number of anilines is 1. The maximum Gasteiger partial charge on any atom is 0.226 e. The van der Waals surface area contributed by atoms with Crippen molar-refractivity contribution in [1.82, 2.24) is 4.98 Å². The van der Waals surface area contributed by atoms with Crippen molar-refractivity contribution in [2.24, 2.45) is 0 Å². The van der Waals surface area contributed by atoms with Crippen LogP contribution in [0.4, 0.5) is 5.13 Å². The standard InChI is InChI=1S/C17H16N2O3S2/c1-22-12-6-3-7-14-16(12)19-17(24-14)18-15(21)9-2-5-11(20)13-8-4-10-23-13/h3-4,6-8,10H,2,5,9H2,1H3,(H,18,19,21). The molecule has 0 bridgehead atoms. The van der Waals surface area contributed by atoms with Crippen LogP contribution in [0.2, 0.25) is 0 Å². The highest BCUT2D eigenvalue weighted by atomic mass is 32.1. The van der Waals surface area contributed by atoms with Crippen molar-refractivity contribution in [3.63, 3.8) is 0 Å². The Morgan fingerprint density at radius 2 is 2.08 bits per heavy atom. The van der Waals surface area contributed by atoms with Crippen molar-refractivity contribution >= 4 is 49.7 Å². The van der Waals surface area contributed by atoms with Crippen LogP contribution in [0.15, 0.2) is 35.7 Å². The second-order valence-corrected chi connectivity index (χ2v) is 7.11. The van der Waals surface area contributed by atoms with E-state index in [1.807, 2.05) is 35.7 Å². The lowest BCUT2D eigenvalue weighted by atomic mass is 10.1. The number of hydrogen-bond donors (Lipinski definition) is 1. The van der Waals surface area contributed by atoms with Crippen LogP contribution >= 0.6 is 22.7 Å². The van der Waals surface area contributed by atoms with Gasteiger partial charge in [-0.05, 0) is 30.0 Å². The summed E-state index contributed by atoms with van der Waals surface area (Å²) in [6, 6.07) is 9.32. The summed E-state index contributed by atoms with van der Waals surface area (Å²) < 4.78 is 6.22. The van der Waals surface area contributed by atoms with E-state index in [0.717, 1.165) is 15.1 Å². The van der Waals surface area contributed by atoms with Gasteiger partial charge in [0, 0.05) is 12.8 Å². The topological polar surface area (TPSA) is 68.3 Å². The number of nitrogens with zero attached hydrogens (tertiary/aromatic N) is 1. The number of benzene rings is 1. The summed E-state index contributed by atoms with van der Waals surface area (Å²) >= 11 is 2.83. The Kier molecular flexibility index (Phi) is 5.22. The lowest BCUT2D eigenvalue weighted by molar-refractivity contribution is -0.116. The van der Waals surface area contributed by atoms with Crippen molar-refractivity contribution in [3.05, 3.63) is 40.6 Å². The Balaban J connectivity index is 1.54. The molecule has 0 spiro atoms. The Morgan fingerprint density at radius 3 is 2.83 bits per heavy atom. The van der Waals surface area contributed by atoms with E-state index in [0.29, 0.717) is 30.1 Å². The first-order chi connectivity index (χ1) is 11.7. The molecule has 2 aromatic heterocycles. The average molecular weight is 360 g/mol. The lowest BCUT2D eigenvalue weighted by Gasteiger charge is -2.01. The van der Waals surface area contributed by atoms with E-state index in [-0.39, 0.29) is 11.7 Å². The van der Waals surface area contributed by atoms with E-state index >= 15 is 0 Å². The second-order valence-electron chi connectivity index (χ2n) is 5.13. The first-order valence-electron chi connectivity index (χ1n) is 7.47. The highest BCUT2D eigenvalue weighted by Crippen LogP contribution is 2.32. The highest BCUT2D eigenvalue weighted by molar-refractivity contribution is 7.22. The molecule has 0 saturated carbocycles. The van der Waals surface area contributed by atoms with Crippen LogP contribution in [0.5, 0.6) is 5.75 Å². The van der Waals surface area contributed by atoms with E-state index in [1.165, 1.54) is 22.7 Å². The average Bonchev–Trinajstić information content (AvgIpc) is 3.23. The fourth-order valence-corrected chi connectivity index (χ4v) is 3.89. The highest BCUT2D eigenvalue weighted by Gasteiger charge is 2.12. The summed E-state index contributed by atoms with van der Waals surface area (Å²) in [5, 5.41) is 5.22. The van der Waals surface area contributed by atoms with Gasteiger partial charge in [0.05, 0.1) is 16.7 Å². The fraction of sp³-hybridized carbons (Fsp3) is 0.235. The van der Waals surface area contributed by atoms with Crippen LogP contribution in [-0.4, -0.2) is 23.8 Å². The third-order valence-electron chi connectivity index (χ3n) is 3.45. The molecule has 0 saturated heterocycles. The molecule has 5 nitrogen and oxygen atoms in total. The summed E-state index contributed by atoms with van der Waals surface area (Å²) in [6.45, 7) is 0. The first kappa shape index (κ1) is 16.6. The zero-order chi connectivity index (χ0) is 16.9. The third kappa shape index (κ3) is 3.80. The van der Waals surface area contributed by atoms with Gasteiger partial charge in [-0.2, -0.15) is 0 Å².